The summed E-state index contributed by atoms with van der Waals surface area (Å²) in [5, 5.41) is 7.69. The summed E-state index contributed by atoms with van der Waals surface area (Å²) >= 11 is 1.11. The molecule has 8 heteroatoms. The number of rotatable bonds is 4. The lowest BCUT2D eigenvalue weighted by atomic mass is 9.72. The fraction of sp³-hybridized carbons (Fsp3) is 0.150. The summed E-state index contributed by atoms with van der Waals surface area (Å²) < 4.78 is 13.8. The van der Waals surface area contributed by atoms with Crippen LogP contribution in [0.2, 0.25) is 0 Å². The number of pyridine rings is 2. The highest BCUT2D eigenvalue weighted by molar-refractivity contribution is 6.99. The molecule has 28 heavy (non-hydrogen) atoms. The minimum atomic E-state index is -0.469. The molecule has 4 heterocycles. The number of fused-ring (bicyclic) bond motifs is 1. The first-order chi connectivity index (χ1) is 13.8. The van der Waals surface area contributed by atoms with Gasteiger partial charge >= 0.3 is 0 Å². The van der Waals surface area contributed by atoms with Crippen molar-refractivity contribution in [1.29, 1.82) is 0 Å². The second-order valence-electron chi connectivity index (χ2n) is 6.50. The van der Waals surface area contributed by atoms with Crippen LogP contribution in [-0.4, -0.2) is 36.0 Å². The van der Waals surface area contributed by atoms with Gasteiger partial charge in [-0.25, -0.2) is 0 Å². The maximum atomic E-state index is 5.32. The lowest BCUT2D eigenvalue weighted by molar-refractivity contribution is 0.403. The number of nitrogens with zero attached hydrogens (tertiary/aromatic N) is 5. The Labute approximate surface area is 165 Å². The van der Waals surface area contributed by atoms with Crippen molar-refractivity contribution in [3.8, 4) is 17.3 Å². The van der Waals surface area contributed by atoms with Gasteiger partial charge in [0.1, 0.15) is 5.69 Å². The van der Waals surface area contributed by atoms with Crippen LogP contribution in [0.5, 0.6) is 5.88 Å². The van der Waals surface area contributed by atoms with Gasteiger partial charge in [-0.2, -0.15) is 9.47 Å². The highest BCUT2D eigenvalue weighted by Crippen LogP contribution is 2.42. The van der Waals surface area contributed by atoms with Crippen molar-refractivity contribution in [2.24, 2.45) is 0 Å². The molecule has 1 N–H and O–H groups in total. The average molecular weight is 388 g/mol. The molecule has 0 aliphatic heterocycles. The van der Waals surface area contributed by atoms with Gasteiger partial charge < -0.3 is 4.74 Å². The monoisotopic (exact) mass is 388 g/mol. The number of allylic oxidation sites excluding steroid dienone is 1. The Morgan fingerprint density at radius 1 is 1.00 bits per heavy atom. The Kier molecular flexibility index (Phi) is 3.98. The van der Waals surface area contributed by atoms with Crippen LogP contribution in [0.15, 0.2) is 54.9 Å². The molecule has 4 aromatic rings. The Hall–Kier alpha value is -3.39. The van der Waals surface area contributed by atoms with Crippen LogP contribution in [0.1, 0.15) is 22.6 Å². The molecule has 0 saturated carbocycles. The van der Waals surface area contributed by atoms with Crippen molar-refractivity contribution in [3.63, 3.8) is 0 Å². The zero-order chi connectivity index (χ0) is 19.0. The second kappa shape index (κ2) is 6.65. The summed E-state index contributed by atoms with van der Waals surface area (Å²) in [4.78, 5) is 9.28. The maximum Gasteiger partial charge on any atom is 0.255 e. The first-order valence-electron chi connectivity index (χ1n) is 8.78. The Balaban J connectivity index is 1.65. The largest absolute Gasteiger partial charge is 0.479 e. The standard InChI is InChI=1S/C20H16N6OS/c1-27-19-18(25-28-26-19)17-13-8-9-20(12-14(13)23-24-17,15-6-2-4-10-21-15)16-7-3-5-11-22-16/h2-11H,12H2,1H3,(H,23,24). The van der Waals surface area contributed by atoms with E-state index in [-0.39, 0.29) is 0 Å². The van der Waals surface area contributed by atoms with Crippen molar-refractivity contribution in [1.82, 2.24) is 28.9 Å². The van der Waals surface area contributed by atoms with Crippen molar-refractivity contribution in [2.75, 3.05) is 7.11 Å². The maximum absolute atomic E-state index is 5.32. The van der Waals surface area contributed by atoms with Gasteiger partial charge in [0, 0.05) is 30.1 Å². The topological polar surface area (TPSA) is 89.5 Å². The van der Waals surface area contributed by atoms with Gasteiger partial charge in [0.25, 0.3) is 5.88 Å². The zero-order valence-electron chi connectivity index (χ0n) is 15.0. The summed E-state index contributed by atoms with van der Waals surface area (Å²) in [6, 6.07) is 11.9. The molecule has 0 atom stereocenters. The summed E-state index contributed by atoms with van der Waals surface area (Å²) in [5.41, 5.74) is 4.81. The minimum Gasteiger partial charge on any atom is -0.479 e. The van der Waals surface area contributed by atoms with E-state index in [1.54, 1.807) is 7.11 Å². The number of hydrogen-bond acceptors (Lipinski definition) is 7. The third-order valence-electron chi connectivity index (χ3n) is 4.99. The van der Waals surface area contributed by atoms with Gasteiger partial charge in [-0.3, -0.25) is 15.1 Å². The van der Waals surface area contributed by atoms with Gasteiger partial charge in [-0.15, -0.1) is 4.37 Å². The molecule has 4 aromatic heterocycles. The fourth-order valence-electron chi connectivity index (χ4n) is 3.64. The number of methoxy groups -OCH3 is 1. The Morgan fingerprint density at radius 2 is 1.75 bits per heavy atom. The van der Waals surface area contributed by atoms with Crippen LogP contribution >= 0.6 is 11.7 Å². The smallest absolute Gasteiger partial charge is 0.255 e. The van der Waals surface area contributed by atoms with Crippen LogP contribution in [0.3, 0.4) is 0 Å². The van der Waals surface area contributed by atoms with Crippen molar-refractivity contribution in [2.45, 2.75) is 11.8 Å². The average Bonchev–Trinajstić information content (AvgIpc) is 3.40. The van der Waals surface area contributed by atoms with E-state index < -0.39 is 5.41 Å². The van der Waals surface area contributed by atoms with Crippen LogP contribution in [0.25, 0.3) is 17.5 Å². The number of aromatic nitrogens is 6. The molecule has 0 amide bonds. The number of hydrogen-bond donors (Lipinski definition) is 1. The fourth-order valence-corrected chi connectivity index (χ4v) is 4.16. The first kappa shape index (κ1) is 16.8. The second-order valence-corrected chi connectivity index (χ2v) is 7.03. The van der Waals surface area contributed by atoms with E-state index in [9.17, 15) is 0 Å². The summed E-state index contributed by atoms with van der Waals surface area (Å²) in [6.45, 7) is 0. The SMILES string of the molecule is COc1nsnc1-c1n[nH]c2c1C=CC(c1ccccn1)(c1ccccn1)C2. The quantitative estimate of drug-likeness (QED) is 0.577. The van der Waals surface area contributed by atoms with Gasteiger partial charge in [0.05, 0.1) is 35.6 Å². The lowest BCUT2D eigenvalue weighted by Gasteiger charge is -2.32. The highest BCUT2D eigenvalue weighted by Gasteiger charge is 2.39. The van der Waals surface area contributed by atoms with Gasteiger partial charge in [0.15, 0.2) is 5.69 Å². The molecule has 0 bridgehead atoms. The molecule has 0 fully saturated rings. The molecule has 1 aliphatic rings. The van der Waals surface area contributed by atoms with E-state index in [1.165, 1.54) is 0 Å². The molecule has 1 aliphatic carbocycles. The number of ether oxygens (including phenoxy) is 1. The van der Waals surface area contributed by atoms with E-state index in [2.05, 4.69) is 41.1 Å². The third-order valence-corrected chi connectivity index (χ3v) is 5.50. The van der Waals surface area contributed by atoms with Crippen LogP contribution in [-0.2, 0) is 11.8 Å². The van der Waals surface area contributed by atoms with E-state index in [4.69, 9.17) is 4.74 Å². The summed E-state index contributed by atoms with van der Waals surface area (Å²) in [6.07, 6.45) is 8.52. The third kappa shape index (κ3) is 2.53. The number of aromatic amines is 1. The molecular formula is C20H16N6OS. The van der Waals surface area contributed by atoms with E-state index >= 15 is 0 Å². The first-order valence-corrected chi connectivity index (χ1v) is 9.51. The molecule has 138 valence electrons. The molecule has 5 rings (SSSR count). The van der Waals surface area contributed by atoms with E-state index in [0.29, 0.717) is 18.0 Å². The van der Waals surface area contributed by atoms with Crippen molar-refractivity contribution >= 4 is 17.8 Å². The predicted octanol–water partition coefficient (Wildman–Crippen LogP) is 3.28. The normalized spacial score (nSPS) is 14.6. The van der Waals surface area contributed by atoms with E-state index in [0.717, 1.165) is 40.1 Å². The van der Waals surface area contributed by atoms with Crippen LogP contribution in [0, 0.1) is 0 Å². The highest BCUT2D eigenvalue weighted by atomic mass is 32.1. The van der Waals surface area contributed by atoms with Crippen LogP contribution in [0.4, 0.5) is 0 Å². The Morgan fingerprint density at radius 3 is 2.39 bits per heavy atom. The number of nitrogens with one attached hydrogen (secondary N) is 1. The molecule has 0 aromatic carbocycles. The summed E-state index contributed by atoms with van der Waals surface area (Å²) in [7, 11) is 1.59. The molecule has 0 spiro atoms. The predicted molar refractivity (Wildman–Crippen MR) is 106 cm³/mol. The molecule has 7 nitrogen and oxygen atoms in total. The molecule has 0 radical (unpaired) electrons. The lowest BCUT2D eigenvalue weighted by Crippen LogP contribution is -2.32. The number of H-pyrrole nitrogens is 1. The van der Waals surface area contributed by atoms with E-state index in [1.807, 2.05) is 48.8 Å². The van der Waals surface area contributed by atoms with Crippen LogP contribution < -0.4 is 4.74 Å². The Bertz CT molecular complexity index is 1100. The van der Waals surface area contributed by atoms with Gasteiger partial charge in [0.2, 0.25) is 0 Å². The van der Waals surface area contributed by atoms with Gasteiger partial charge in [-0.05, 0) is 24.3 Å². The zero-order valence-corrected chi connectivity index (χ0v) is 15.8. The molecular weight excluding hydrogens is 372 g/mol. The van der Waals surface area contributed by atoms with Gasteiger partial charge in [-0.1, -0.05) is 24.3 Å². The summed E-state index contributed by atoms with van der Waals surface area (Å²) in [5.74, 6) is 0.485. The van der Waals surface area contributed by atoms with Crippen molar-refractivity contribution in [3.05, 3.63) is 77.5 Å². The molecule has 0 unspecified atom stereocenters. The van der Waals surface area contributed by atoms with Crippen molar-refractivity contribution < 1.29 is 4.74 Å². The minimum absolute atomic E-state index is 0.469. The molecule has 0 saturated heterocycles.